The Balaban J connectivity index is 1.30. The average Bonchev–Trinajstić information content (AvgIpc) is 2.83. The van der Waals surface area contributed by atoms with E-state index in [9.17, 15) is 14.0 Å². The van der Waals surface area contributed by atoms with Crippen LogP contribution >= 0.6 is 0 Å². The minimum absolute atomic E-state index is 0.0108. The van der Waals surface area contributed by atoms with Gasteiger partial charge in [0.25, 0.3) is 5.91 Å². The van der Waals surface area contributed by atoms with Gasteiger partial charge in [0.15, 0.2) is 0 Å². The number of carbonyl (C=O) groups excluding carboxylic acids is 2. The average molecular weight is 416 g/mol. The molecule has 0 bridgehead atoms. The minimum Gasteiger partial charge on any atom is -0.339 e. The summed E-state index contributed by atoms with van der Waals surface area (Å²) in [5.74, 6) is -0.503. The molecule has 2 heterocycles. The maximum atomic E-state index is 14.5. The number of para-hydroxylation sites is 1. The third kappa shape index (κ3) is 3.58. The Morgan fingerprint density at radius 3 is 2.45 bits per heavy atom. The van der Waals surface area contributed by atoms with E-state index in [1.54, 1.807) is 11.0 Å². The molecule has 0 aromatic heterocycles. The lowest BCUT2D eigenvalue weighted by atomic mass is 9.92. The van der Waals surface area contributed by atoms with Crippen molar-refractivity contribution in [1.82, 2.24) is 4.90 Å². The predicted molar refractivity (Wildman–Crippen MR) is 120 cm³/mol. The van der Waals surface area contributed by atoms with Gasteiger partial charge in [0.05, 0.1) is 5.69 Å². The molecule has 3 aromatic rings. The first kappa shape index (κ1) is 19.7. The van der Waals surface area contributed by atoms with Gasteiger partial charge in [-0.3, -0.25) is 9.59 Å². The molecular formula is C26H25FN2O2. The van der Waals surface area contributed by atoms with Crippen molar-refractivity contribution in [2.24, 2.45) is 5.92 Å². The van der Waals surface area contributed by atoms with Crippen LogP contribution in [0.2, 0.25) is 0 Å². The van der Waals surface area contributed by atoms with Crippen LogP contribution in [0.15, 0.2) is 60.7 Å². The molecule has 158 valence electrons. The van der Waals surface area contributed by atoms with Crippen molar-refractivity contribution in [1.29, 1.82) is 0 Å². The highest BCUT2D eigenvalue weighted by atomic mass is 19.1. The summed E-state index contributed by atoms with van der Waals surface area (Å²) < 4.78 is 14.5. The third-order valence-corrected chi connectivity index (χ3v) is 6.59. The summed E-state index contributed by atoms with van der Waals surface area (Å²) in [4.78, 5) is 29.9. The van der Waals surface area contributed by atoms with Crippen molar-refractivity contribution in [2.75, 3.05) is 24.5 Å². The molecule has 0 atom stereocenters. The van der Waals surface area contributed by atoms with E-state index in [0.29, 0.717) is 43.7 Å². The molecule has 5 heteroatoms. The monoisotopic (exact) mass is 416 g/mol. The number of nitrogens with zero attached hydrogens (tertiary/aromatic N) is 2. The van der Waals surface area contributed by atoms with Crippen LogP contribution in [0.1, 0.15) is 35.2 Å². The number of carbonyl (C=O) groups is 2. The van der Waals surface area contributed by atoms with Crippen LogP contribution in [0, 0.1) is 11.7 Å². The zero-order valence-electron chi connectivity index (χ0n) is 17.4. The van der Waals surface area contributed by atoms with E-state index < -0.39 is 0 Å². The Morgan fingerprint density at radius 1 is 0.871 bits per heavy atom. The zero-order chi connectivity index (χ0) is 21.4. The van der Waals surface area contributed by atoms with Gasteiger partial charge in [-0.2, -0.15) is 0 Å². The molecule has 0 radical (unpaired) electrons. The summed E-state index contributed by atoms with van der Waals surface area (Å²) >= 11 is 0. The first-order valence-corrected chi connectivity index (χ1v) is 11.0. The second-order valence-corrected chi connectivity index (χ2v) is 8.43. The van der Waals surface area contributed by atoms with Crippen molar-refractivity contribution < 1.29 is 14.0 Å². The van der Waals surface area contributed by atoms with Crippen LogP contribution in [0.25, 0.3) is 10.8 Å². The lowest BCUT2D eigenvalue weighted by Gasteiger charge is -2.36. The zero-order valence-corrected chi connectivity index (χ0v) is 17.4. The third-order valence-electron chi connectivity index (χ3n) is 6.59. The summed E-state index contributed by atoms with van der Waals surface area (Å²) in [5, 5.41) is 2.00. The van der Waals surface area contributed by atoms with Crippen LogP contribution in [0.5, 0.6) is 0 Å². The quantitative estimate of drug-likeness (QED) is 0.602. The fraction of sp³-hybridized carbons (Fsp3) is 0.308. The number of fused-ring (bicyclic) bond motifs is 2. The summed E-state index contributed by atoms with van der Waals surface area (Å²) in [7, 11) is 0. The maximum absolute atomic E-state index is 14.5. The number of rotatable bonds is 2. The molecule has 2 aliphatic rings. The number of hydrogen-bond donors (Lipinski definition) is 0. The molecule has 1 fully saturated rings. The lowest BCUT2D eigenvalue weighted by molar-refractivity contribution is -0.123. The van der Waals surface area contributed by atoms with Gasteiger partial charge in [-0.25, -0.2) is 4.39 Å². The fourth-order valence-corrected chi connectivity index (χ4v) is 4.96. The summed E-state index contributed by atoms with van der Waals surface area (Å²) in [5.41, 5.74) is 2.06. The normalized spacial score (nSPS) is 16.9. The molecule has 3 aromatic carbocycles. The number of halogens is 1. The Kier molecular flexibility index (Phi) is 5.18. The second kappa shape index (κ2) is 8.14. The number of anilines is 1. The van der Waals surface area contributed by atoms with Gasteiger partial charge in [0.1, 0.15) is 5.82 Å². The molecule has 2 aliphatic heterocycles. The molecule has 1 saturated heterocycles. The number of benzene rings is 3. The van der Waals surface area contributed by atoms with E-state index in [4.69, 9.17) is 0 Å². The van der Waals surface area contributed by atoms with E-state index in [-0.39, 0.29) is 23.5 Å². The summed E-state index contributed by atoms with van der Waals surface area (Å²) in [6.07, 6.45) is 2.86. The molecule has 0 spiro atoms. The molecule has 4 nitrogen and oxygen atoms in total. The largest absolute Gasteiger partial charge is 0.339 e. The molecule has 0 N–H and O–H groups in total. The fourth-order valence-electron chi connectivity index (χ4n) is 4.96. The summed E-state index contributed by atoms with van der Waals surface area (Å²) in [6, 6.07) is 18.7. The maximum Gasteiger partial charge on any atom is 0.254 e. The topological polar surface area (TPSA) is 40.6 Å². The standard InChI is InChI=1S/C26H25FN2O2/c27-23-12-4-8-19-9-5-15-29(24(19)23)25(30)20-13-16-28(17-14-20)26(31)22-11-3-7-18-6-1-2-10-21(18)22/h1-4,6-8,10-12,20H,5,9,13-17H2. The minimum atomic E-state index is -0.325. The molecule has 31 heavy (non-hydrogen) atoms. The molecule has 0 saturated carbocycles. The predicted octanol–water partition coefficient (Wildman–Crippen LogP) is 4.81. The van der Waals surface area contributed by atoms with Crippen LogP contribution in [0.4, 0.5) is 10.1 Å². The molecule has 0 aliphatic carbocycles. The molecular weight excluding hydrogens is 391 g/mol. The Hall–Kier alpha value is -3.21. The highest BCUT2D eigenvalue weighted by molar-refractivity contribution is 6.07. The lowest BCUT2D eigenvalue weighted by Crippen LogP contribution is -2.46. The highest BCUT2D eigenvalue weighted by Crippen LogP contribution is 2.33. The van der Waals surface area contributed by atoms with Crippen molar-refractivity contribution in [3.63, 3.8) is 0 Å². The van der Waals surface area contributed by atoms with Crippen molar-refractivity contribution >= 4 is 28.3 Å². The van der Waals surface area contributed by atoms with Gasteiger partial charge in [-0.05, 0) is 54.2 Å². The van der Waals surface area contributed by atoms with E-state index in [1.165, 1.54) is 6.07 Å². The van der Waals surface area contributed by atoms with Crippen molar-refractivity contribution in [3.8, 4) is 0 Å². The van der Waals surface area contributed by atoms with Crippen molar-refractivity contribution in [3.05, 3.63) is 77.6 Å². The van der Waals surface area contributed by atoms with Gasteiger partial charge >= 0.3 is 0 Å². The first-order valence-electron chi connectivity index (χ1n) is 11.0. The van der Waals surface area contributed by atoms with Gasteiger partial charge in [0.2, 0.25) is 5.91 Å². The smallest absolute Gasteiger partial charge is 0.254 e. The Morgan fingerprint density at radius 2 is 1.61 bits per heavy atom. The van der Waals surface area contributed by atoms with Crippen LogP contribution < -0.4 is 4.90 Å². The van der Waals surface area contributed by atoms with E-state index in [2.05, 4.69) is 0 Å². The number of hydrogen-bond acceptors (Lipinski definition) is 2. The van der Waals surface area contributed by atoms with Crippen LogP contribution in [-0.2, 0) is 11.2 Å². The Labute approximate surface area is 181 Å². The number of piperidine rings is 1. The van der Waals surface area contributed by atoms with Crippen LogP contribution in [0.3, 0.4) is 0 Å². The first-order chi connectivity index (χ1) is 15.1. The summed E-state index contributed by atoms with van der Waals surface area (Å²) in [6.45, 7) is 1.63. The van der Waals surface area contributed by atoms with Gasteiger partial charge < -0.3 is 9.80 Å². The molecule has 5 rings (SSSR count). The van der Waals surface area contributed by atoms with E-state index >= 15 is 0 Å². The number of aryl methyl sites for hydroxylation is 1. The number of amides is 2. The van der Waals surface area contributed by atoms with Crippen molar-refractivity contribution in [2.45, 2.75) is 25.7 Å². The van der Waals surface area contributed by atoms with Gasteiger partial charge in [-0.1, -0.05) is 48.5 Å². The van der Waals surface area contributed by atoms with E-state index in [0.717, 1.165) is 29.2 Å². The Bertz CT molecular complexity index is 1150. The SMILES string of the molecule is O=C(c1cccc2ccccc12)N1CCC(C(=O)N2CCCc3cccc(F)c32)CC1. The number of likely N-dealkylation sites (tertiary alicyclic amines) is 1. The van der Waals surface area contributed by atoms with Crippen LogP contribution in [-0.4, -0.2) is 36.3 Å². The highest BCUT2D eigenvalue weighted by Gasteiger charge is 2.34. The van der Waals surface area contributed by atoms with Gasteiger partial charge in [-0.15, -0.1) is 0 Å². The van der Waals surface area contributed by atoms with Gasteiger partial charge in [0, 0.05) is 31.1 Å². The second-order valence-electron chi connectivity index (χ2n) is 8.43. The van der Waals surface area contributed by atoms with E-state index in [1.807, 2.05) is 53.4 Å². The molecule has 0 unspecified atom stereocenters. The molecule has 2 amide bonds.